The summed E-state index contributed by atoms with van der Waals surface area (Å²) in [6, 6.07) is 0. The molecule has 0 bridgehead atoms. The first-order valence-corrected chi connectivity index (χ1v) is 20.9. The Morgan fingerprint density at radius 3 is 1.49 bits per heavy atom. The summed E-state index contributed by atoms with van der Waals surface area (Å²) in [4.78, 5) is 42.7. The highest BCUT2D eigenvalue weighted by molar-refractivity contribution is 7.46. The van der Waals surface area contributed by atoms with E-state index >= 15 is 0 Å². The minimum absolute atomic E-state index is 0.0952. The minimum Gasteiger partial charge on any atom is -0.462 e. The Kier molecular flexibility index (Phi) is 35.0. The average molecular weight is 733 g/mol. The second-order valence-electron chi connectivity index (χ2n) is 12.5. The van der Waals surface area contributed by atoms with Gasteiger partial charge in [-0.2, -0.15) is 0 Å². The number of hydrogen-bond donors (Lipinski definition) is 2. The van der Waals surface area contributed by atoms with Gasteiger partial charge in [0.15, 0.2) is 6.10 Å². The van der Waals surface area contributed by atoms with E-state index in [4.69, 9.17) is 19.3 Å². The SMILES string of the molecule is CC/C=C/C/C=C/C/C=C/C/C=C/C/C=C/CCCCCCC(=O)OCC(COP(=O)(O)O)OC(=O)CC/C=C/C/C=C/CCCCCCCC. The molecule has 1 unspecified atom stereocenters. The molecule has 9 heteroatoms. The molecule has 0 heterocycles. The van der Waals surface area contributed by atoms with Crippen LogP contribution in [0.2, 0.25) is 0 Å². The van der Waals surface area contributed by atoms with Crippen molar-refractivity contribution in [3.05, 3.63) is 85.1 Å². The third-order valence-corrected chi connectivity index (χ3v) is 8.15. The normalized spacial score (nSPS) is 13.4. The number of phosphoric acid groups is 1. The van der Waals surface area contributed by atoms with Crippen LogP contribution in [0.25, 0.3) is 0 Å². The van der Waals surface area contributed by atoms with E-state index in [0.29, 0.717) is 12.8 Å². The van der Waals surface area contributed by atoms with E-state index in [-0.39, 0.29) is 19.4 Å². The molecule has 0 radical (unpaired) electrons. The summed E-state index contributed by atoms with van der Waals surface area (Å²) in [6.45, 7) is 3.47. The van der Waals surface area contributed by atoms with Crippen LogP contribution in [0.4, 0.5) is 0 Å². The van der Waals surface area contributed by atoms with E-state index < -0.39 is 32.5 Å². The second-order valence-corrected chi connectivity index (χ2v) is 13.8. The van der Waals surface area contributed by atoms with Crippen molar-refractivity contribution in [1.82, 2.24) is 0 Å². The molecule has 0 saturated heterocycles. The van der Waals surface area contributed by atoms with Gasteiger partial charge in [0.2, 0.25) is 0 Å². The van der Waals surface area contributed by atoms with Gasteiger partial charge < -0.3 is 19.3 Å². The molecular weight excluding hydrogens is 663 g/mol. The minimum atomic E-state index is -4.78. The zero-order chi connectivity index (χ0) is 37.5. The van der Waals surface area contributed by atoms with E-state index in [2.05, 4.69) is 91.3 Å². The van der Waals surface area contributed by atoms with Crippen LogP contribution in [0.5, 0.6) is 0 Å². The molecular formula is C42H69O8P. The van der Waals surface area contributed by atoms with Crippen molar-refractivity contribution in [2.45, 2.75) is 155 Å². The molecule has 0 aliphatic heterocycles. The van der Waals surface area contributed by atoms with Crippen molar-refractivity contribution >= 4 is 19.8 Å². The quantitative estimate of drug-likeness (QED) is 0.0290. The fraction of sp³-hybridized carbons (Fsp3) is 0.619. The first kappa shape index (κ1) is 48.2. The van der Waals surface area contributed by atoms with E-state index in [1.54, 1.807) is 0 Å². The van der Waals surface area contributed by atoms with Gasteiger partial charge in [0.25, 0.3) is 0 Å². The highest BCUT2D eigenvalue weighted by Gasteiger charge is 2.22. The summed E-state index contributed by atoms with van der Waals surface area (Å²) in [6.07, 6.45) is 48.9. The van der Waals surface area contributed by atoms with Crippen LogP contribution >= 0.6 is 7.82 Å². The van der Waals surface area contributed by atoms with Crippen LogP contribution < -0.4 is 0 Å². The number of ether oxygens (including phenoxy) is 2. The lowest BCUT2D eigenvalue weighted by Gasteiger charge is -2.18. The Labute approximate surface area is 310 Å². The number of carbonyl (C=O) groups excluding carboxylic acids is 2. The van der Waals surface area contributed by atoms with Crippen molar-refractivity contribution in [3.8, 4) is 0 Å². The summed E-state index contributed by atoms with van der Waals surface area (Å²) in [5.41, 5.74) is 0. The zero-order valence-electron chi connectivity index (χ0n) is 31.7. The van der Waals surface area contributed by atoms with E-state index in [9.17, 15) is 14.2 Å². The Balaban J connectivity index is 4.09. The summed E-state index contributed by atoms with van der Waals surface area (Å²) < 4.78 is 26.2. The van der Waals surface area contributed by atoms with Crippen LogP contribution in [0.3, 0.4) is 0 Å². The molecule has 0 aliphatic rings. The third-order valence-electron chi connectivity index (χ3n) is 7.66. The van der Waals surface area contributed by atoms with Crippen molar-refractivity contribution in [2.24, 2.45) is 0 Å². The number of hydrogen-bond acceptors (Lipinski definition) is 6. The number of esters is 2. The van der Waals surface area contributed by atoms with Crippen LogP contribution in [0.15, 0.2) is 85.1 Å². The van der Waals surface area contributed by atoms with Gasteiger partial charge in [-0.3, -0.25) is 14.1 Å². The van der Waals surface area contributed by atoms with Gasteiger partial charge in [0, 0.05) is 12.8 Å². The Bertz CT molecular complexity index is 1100. The molecule has 0 aliphatic carbocycles. The molecule has 1 atom stereocenters. The summed E-state index contributed by atoms with van der Waals surface area (Å²) in [7, 11) is -4.78. The van der Waals surface area contributed by atoms with E-state index in [1.807, 2.05) is 12.2 Å². The molecule has 0 aromatic carbocycles. The molecule has 290 valence electrons. The molecule has 51 heavy (non-hydrogen) atoms. The number of unbranched alkanes of at least 4 members (excludes halogenated alkanes) is 10. The van der Waals surface area contributed by atoms with E-state index in [0.717, 1.165) is 70.6 Å². The molecule has 0 rings (SSSR count). The van der Waals surface area contributed by atoms with Crippen molar-refractivity contribution in [1.29, 1.82) is 0 Å². The largest absolute Gasteiger partial charge is 0.469 e. The zero-order valence-corrected chi connectivity index (χ0v) is 32.6. The van der Waals surface area contributed by atoms with Crippen molar-refractivity contribution in [3.63, 3.8) is 0 Å². The first-order chi connectivity index (χ1) is 24.8. The first-order valence-electron chi connectivity index (χ1n) is 19.4. The smallest absolute Gasteiger partial charge is 0.462 e. The van der Waals surface area contributed by atoms with Gasteiger partial charge in [0.05, 0.1) is 6.61 Å². The average Bonchev–Trinajstić information content (AvgIpc) is 3.10. The lowest BCUT2D eigenvalue weighted by Crippen LogP contribution is -2.29. The molecule has 0 spiro atoms. The van der Waals surface area contributed by atoms with Gasteiger partial charge in [-0.15, -0.1) is 0 Å². The molecule has 8 nitrogen and oxygen atoms in total. The Morgan fingerprint density at radius 1 is 0.529 bits per heavy atom. The summed E-state index contributed by atoms with van der Waals surface area (Å²) in [5, 5.41) is 0. The van der Waals surface area contributed by atoms with Crippen molar-refractivity contribution in [2.75, 3.05) is 13.2 Å². The molecule has 0 saturated carbocycles. The van der Waals surface area contributed by atoms with Gasteiger partial charge in [-0.05, 0) is 77.0 Å². The topological polar surface area (TPSA) is 119 Å². The number of allylic oxidation sites excluding steroid dienone is 14. The van der Waals surface area contributed by atoms with Crippen LogP contribution in [0, 0.1) is 0 Å². The number of phosphoric ester groups is 1. The summed E-state index contributed by atoms with van der Waals surface area (Å²) >= 11 is 0. The highest BCUT2D eigenvalue weighted by atomic mass is 31.2. The summed E-state index contributed by atoms with van der Waals surface area (Å²) in [5.74, 6) is -1.00. The highest BCUT2D eigenvalue weighted by Crippen LogP contribution is 2.35. The predicted molar refractivity (Wildman–Crippen MR) is 211 cm³/mol. The Hall–Kier alpha value is -2.77. The van der Waals surface area contributed by atoms with Gasteiger partial charge in [-0.25, -0.2) is 4.57 Å². The van der Waals surface area contributed by atoms with Crippen LogP contribution in [-0.2, 0) is 28.2 Å². The second kappa shape index (κ2) is 37.0. The lowest BCUT2D eigenvalue weighted by atomic mass is 10.1. The number of carbonyl (C=O) groups is 2. The van der Waals surface area contributed by atoms with Crippen molar-refractivity contribution < 1.29 is 37.9 Å². The number of rotatable bonds is 34. The van der Waals surface area contributed by atoms with Gasteiger partial charge >= 0.3 is 19.8 Å². The van der Waals surface area contributed by atoms with Gasteiger partial charge in [0.1, 0.15) is 6.61 Å². The molecule has 0 amide bonds. The maximum Gasteiger partial charge on any atom is 0.469 e. The molecule has 0 fully saturated rings. The standard InChI is InChI=1S/C42H69O8P/c1-3-5-7-9-11-13-15-17-18-19-20-21-22-23-25-26-28-30-32-34-36-41(43)48-38-40(39-49-51(45,46)47)50-42(44)37-35-33-31-29-27-24-16-14-12-10-8-6-4-2/h5,7,11,13,17-18,20-21,23-25,27,31,33,40H,3-4,6,8-10,12,14-16,19,22,26,28-30,32,34-39H2,1-2H3,(H2,45,46,47)/b7-5+,13-11+,18-17+,21-20+,25-23+,27-24+,33-31+. The van der Waals surface area contributed by atoms with Crippen LogP contribution in [-0.4, -0.2) is 41.0 Å². The third kappa shape index (κ3) is 39.9. The monoisotopic (exact) mass is 732 g/mol. The molecule has 2 N–H and O–H groups in total. The fourth-order valence-electron chi connectivity index (χ4n) is 4.80. The predicted octanol–water partition coefficient (Wildman–Crippen LogP) is 11.7. The molecule has 0 aromatic heterocycles. The fourth-order valence-corrected chi connectivity index (χ4v) is 5.16. The molecule has 0 aromatic rings. The Morgan fingerprint density at radius 2 is 0.980 bits per heavy atom. The van der Waals surface area contributed by atoms with E-state index in [1.165, 1.54) is 38.5 Å². The van der Waals surface area contributed by atoms with Crippen LogP contribution in [0.1, 0.15) is 149 Å². The van der Waals surface area contributed by atoms with Gasteiger partial charge in [-0.1, -0.05) is 144 Å². The lowest BCUT2D eigenvalue weighted by molar-refractivity contribution is -0.161. The maximum atomic E-state index is 12.3. The maximum absolute atomic E-state index is 12.3.